The number of sulfonamides is 1. The maximum Gasteiger partial charge on any atom is 0.214 e. The molecule has 8 heteroatoms. The summed E-state index contributed by atoms with van der Waals surface area (Å²) in [6.45, 7) is 1.97. The van der Waals surface area contributed by atoms with Crippen LogP contribution in [0.4, 0.5) is 4.39 Å². The van der Waals surface area contributed by atoms with Gasteiger partial charge in [0, 0.05) is 7.11 Å². The zero-order valence-corrected chi connectivity index (χ0v) is 19.3. The van der Waals surface area contributed by atoms with Crippen LogP contribution in [0.3, 0.4) is 0 Å². The summed E-state index contributed by atoms with van der Waals surface area (Å²) in [5.74, 6) is -0.600. The first kappa shape index (κ1) is 24.4. The van der Waals surface area contributed by atoms with Gasteiger partial charge in [-0.2, -0.15) is 0 Å². The fourth-order valence-electron chi connectivity index (χ4n) is 3.90. The number of nitrogens with one attached hydrogen (secondary N) is 1. The van der Waals surface area contributed by atoms with Crippen molar-refractivity contribution in [3.8, 4) is 16.9 Å². The van der Waals surface area contributed by atoms with E-state index in [4.69, 9.17) is 9.47 Å². The maximum absolute atomic E-state index is 14.8. The molecule has 2 aromatic carbocycles. The molecule has 0 unspecified atom stereocenters. The van der Waals surface area contributed by atoms with E-state index < -0.39 is 33.4 Å². The summed E-state index contributed by atoms with van der Waals surface area (Å²) in [5, 5.41) is -0.484. The smallest absolute Gasteiger partial charge is 0.214 e. The van der Waals surface area contributed by atoms with Crippen molar-refractivity contribution in [3.05, 3.63) is 53.3 Å². The normalized spacial score (nSPS) is 15.0. The Morgan fingerprint density at radius 3 is 2.56 bits per heavy atom. The van der Waals surface area contributed by atoms with Gasteiger partial charge < -0.3 is 9.47 Å². The highest BCUT2D eigenvalue weighted by atomic mass is 32.2. The standard InChI is InChI=1S/C24H30FNO5S/c1-17-13-19(18-7-6-8-20(14-18)31-12-11-30-2)15-22(24(17)25)23(27)16-26-32(28,29)21-9-4-3-5-10-21/h6-8,13-15,21,26H,3-5,9-12,16H2,1-2H3. The topological polar surface area (TPSA) is 81.7 Å². The molecule has 0 aliphatic heterocycles. The van der Waals surface area contributed by atoms with E-state index in [1.165, 1.54) is 6.07 Å². The monoisotopic (exact) mass is 463 g/mol. The molecule has 32 heavy (non-hydrogen) atoms. The summed E-state index contributed by atoms with van der Waals surface area (Å²) < 4.78 is 52.8. The van der Waals surface area contributed by atoms with E-state index in [0.29, 0.717) is 42.9 Å². The minimum absolute atomic E-state index is 0.128. The second-order valence-electron chi connectivity index (χ2n) is 8.07. The summed E-state index contributed by atoms with van der Waals surface area (Å²) in [5.41, 5.74) is 1.60. The van der Waals surface area contributed by atoms with Crippen molar-refractivity contribution >= 4 is 15.8 Å². The number of benzene rings is 2. The second kappa shape index (κ2) is 11.0. The van der Waals surface area contributed by atoms with E-state index in [-0.39, 0.29) is 5.56 Å². The van der Waals surface area contributed by atoms with Crippen LogP contribution in [0.15, 0.2) is 36.4 Å². The first-order chi connectivity index (χ1) is 15.3. The van der Waals surface area contributed by atoms with Crippen molar-refractivity contribution in [2.75, 3.05) is 26.9 Å². The number of carbonyl (C=O) groups excluding carboxylic acids is 1. The Bertz CT molecular complexity index is 1050. The summed E-state index contributed by atoms with van der Waals surface area (Å²) in [7, 11) is -2.02. The lowest BCUT2D eigenvalue weighted by Gasteiger charge is -2.21. The van der Waals surface area contributed by atoms with Gasteiger partial charge in [-0.25, -0.2) is 17.5 Å². The van der Waals surface area contributed by atoms with Crippen molar-refractivity contribution in [1.29, 1.82) is 0 Å². The Kier molecular flexibility index (Phi) is 8.39. The highest BCUT2D eigenvalue weighted by molar-refractivity contribution is 7.90. The van der Waals surface area contributed by atoms with E-state index in [1.807, 2.05) is 24.3 Å². The lowest BCUT2D eigenvalue weighted by atomic mass is 9.97. The molecule has 0 spiro atoms. The molecule has 1 saturated carbocycles. The lowest BCUT2D eigenvalue weighted by Crippen LogP contribution is -2.38. The zero-order valence-electron chi connectivity index (χ0n) is 18.5. The van der Waals surface area contributed by atoms with E-state index >= 15 is 0 Å². The van der Waals surface area contributed by atoms with Crippen LogP contribution in [-0.2, 0) is 14.8 Å². The van der Waals surface area contributed by atoms with Gasteiger partial charge in [-0.15, -0.1) is 0 Å². The number of rotatable bonds is 10. The second-order valence-corrected chi connectivity index (χ2v) is 10.1. The molecule has 1 aliphatic rings. The number of methoxy groups -OCH3 is 1. The Morgan fingerprint density at radius 1 is 1.09 bits per heavy atom. The van der Waals surface area contributed by atoms with Crippen molar-refractivity contribution in [1.82, 2.24) is 4.72 Å². The van der Waals surface area contributed by atoms with Crippen molar-refractivity contribution in [3.63, 3.8) is 0 Å². The molecular weight excluding hydrogens is 433 g/mol. The summed E-state index contributed by atoms with van der Waals surface area (Å²) in [6.07, 6.45) is 3.94. The van der Waals surface area contributed by atoms with Crippen LogP contribution in [0.25, 0.3) is 11.1 Å². The predicted octanol–water partition coefficient (Wildman–Crippen LogP) is 4.26. The molecule has 1 aliphatic carbocycles. The Morgan fingerprint density at radius 2 is 1.84 bits per heavy atom. The molecule has 6 nitrogen and oxygen atoms in total. The SMILES string of the molecule is COCCOc1cccc(-c2cc(C)c(F)c(C(=O)CNS(=O)(=O)C3CCCCC3)c2)c1. The quantitative estimate of drug-likeness (QED) is 0.421. The van der Waals surface area contributed by atoms with Gasteiger partial charge in [-0.05, 0) is 60.7 Å². The Balaban J connectivity index is 1.78. The molecule has 1 N–H and O–H groups in total. The fraction of sp³-hybridized carbons (Fsp3) is 0.458. The Hall–Kier alpha value is -2.29. The third-order valence-electron chi connectivity index (χ3n) is 5.70. The molecule has 2 aromatic rings. The highest BCUT2D eigenvalue weighted by Crippen LogP contribution is 2.28. The summed E-state index contributed by atoms with van der Waals surface area (Å²) in [6, 6.07) is 10.4. The molecule has 0 saturated heterocycles. The number of halogens is 1. The van der Waals surface area contributed by atoms with E-state index in [2.05, 4.69) is 4.72 Å². The van der Waals surface area contributed by atoms with Gasteiger partial charge in [0.15, 0.2) is 5.78 Å². The first-order valence-corrected chi connectivity index (χ1v) is 12.4. The lowest BCUT2D eigenvalue weighted by molar-refractivity contribution is 0.0993. The van der Waals surface area contributed by atoms with Crippen molar-refractivity contribution < 1.29 is 27.1 Å². The van der Waals surface area contributed by atoms with Gasteiger partial charge in [0.2, 0.25) is 10.0 Å². The number of hydrogen-bond acceptors (Lipinski definition) is 5. The number of aryl methyl sites for hydroxylation is 1. The first-order valence-electron chi connectivity index (χ1n) is 10.9. The van der Waals surface area contributed by atoms with Crippen LogP contribution >= 0.6 is 0 Å². The van der Waals surface area contributed by atoms with E-state index in [9.17, 15) is 17.6 Å². The highest BCUT2D eigenvalue weighted by Gasteiger charge is 2.28. The number of hydrogen-bond donors (Lipinski definition) is 1. The van der Waals surface area contributed by atoms with Crippen LogP contribution in [0.2, 0.25) is 0 Å². The number of ketones is 1. The largest absolute Gasteiger partial charge is 0.491 e. The predicted molar refractivity (Wildman–Crippen MR) is 122 cm³/mol. The van der Waals surface area contributed by atoms with Crippen LogP contribution < -0.4 is 9.46 Å². The van der Waals surface area contributed by atoms with Crippen LogP contribution in [0.1, 0.15) is 48.0 Å². The van der Waals surface area contributed by atoms with E-state index in [0.717, 1.165) is 24.8 Å². The minimum atomic E-state index is -3.61. The molecule has 0 atom stereocenters. The molecule has 0 heterocycles. The third-order valence-corrected chi connectivity index (χ3v) is 7.60. The van der Waals surface area contributed by atoms with E-state index in [1.54, 1.807) is 20.1 Å². The van der Waals surface area contributed by atoms with Crippen molar-refractivity contribution in [2.24, 2.45) is 0 Å². The molecule has 0 amide bonds. The fourth-order valence-corrected chi connectivity index (χ4v) is 5.42. The molecule has 174 valence electrons. The molecule has 0 bridgehead atoms. The molecule has 3 rings (SSSR count). The summed E-state index contributed by atoms with van der Waals surface area (Å²) in [4.78, 5) is 12.8. The number of carbonyl (C=O) groups is 1. The van der Waals surface area contributed by atoms with Crippen LogP contribution in [-0.4, -0.2) is 46.3 Å². The molecule has 0 aromatic heterocycles. The Labute approximate surface area is 189 Å². The van der Waals surface area contributed by atoms with Crippen LogP contribution in [0, 0.1) is 12.7 Å². The molecule has 1 fully saturated rings. The third kappa shape index (κ3) is 6.15. The van der Waals surface area contributed by atoms with Gasteiger partial charge in [0.05, 0.1) is 24.0 Å². The average molecular weight is 464 g/mol. The number of ether oxygens (including phenoxy) is 2. The summed E-state index contributed by atoms with van der Waals surface area (Å²) >= 11 is 0. The maximum atomic E-state index is 14.8. The average Bonchev–Trinajstić information content (AvgIpc) is 2.80. The van der Waals surface area contributed by atoms with Crippen LogP contribution in [0.5, 0.6) is 5.75 Å². The zero-order chi connectivity index (χ0) is 23.1. The number of Topliss-reactive ketones (excluding diaryl/α,β-unsaturated/α-hetero) is 1. The van der Waals surface area contributed by atoms with Gasteiger partial charge in [-0.1, -0.05) is 31.4 Å². The molecular formula is C24H30FNO5S. The van der Waals surface area contributed by atoms with Crippen molar-refractivity contribution in [2.45, 2.75) is 44.3 Å². The minimum Gasteiger partial charge on any atom is -0.491 e. The van der Waals surface area contributed by atoms with Gasteiger partial charge in [0.1, 0.15) is 18.2 Å². The molecule has 0 radical (unpaired) electrons. The van der Waals surface area contributed by atoms with Gasteiger partial charge in [0.25, 0.3) is 0 Å². The van der Waals surface area contributed by atoms with Gasteiger partial charge in [-0.3, -0.25) is 4.79 Å². The van der Waals surface area contributed by atoms with Gasteiger partial charge >= 0.3 is 0 Å².